The van der Waals surface area contributed by atoms with E-state index in [2.05, 4.69) is 23.8 Å². The lowest BCUT2D eigenvalue weighted by Gasteiger charge is -2.11. The van der Waals surface area contributed by atoms with E-state index in [4.69, 9.17) is 9.84 Å². The zero-order chi connectivity index (χ0) is 22.2. The number of aliphatic carboxylic acids is 1. The van der Waals surface area contributed by atoms with Crippen LogP contribution in [0.3, 0.4) is 0 Å². The average molecular weight is 422 g/mol. The number of hydrogen-bond acceptors (Lipinski definition) is 5. The van der Waals surface area contributed by atoms with Crippen molar-refractivity contribution in [1.29, 1.82) is 0 Å². The summed E-state index contributed by atoms with van der Waals surface area (Å²) >= 11 is 0. The van der Waals surface area contributed by atoms with Crippen LogP contribution in [0.25, 0.3) is 0 Å². The molecule has 0 saturated heterocycles. The Morgan fingerprint density at radius 3 is 1.87 bits per heavy atom. The van der Waals surface area contributed by atoms with E-state index < -0.39 is 5.97 Å². The van der Waals surface area contributed by atoms with Gasteiger partial charge >= 0.3 is 11.9 Å². The molecule has 5 N–H and O–H groups in total. The lowest BCUT2D eigenvalue weighted by atomic mass is 10.2. The molecule has 0 bridgehead atoms. The van der Waals surface area contributed by atoms with Crippen molar-refractivity contribution in [3.05, 3.63) is 61.2 Å². The van der Waals surface area contributed by atoms with Crippen LogP contribution < -0.4 is 10.6 Å². The normalized spacial score (nSPS) is 11.1. The topological polar surface area (TPSA) is 153 Å². The number of carboxylic acids is 1. The van der Waals surface area contributed by atoms with Gasteiger partial charge in [-0.15, -0.1) is 0 Å². The van der Waals surface area contributed by atoms with Gasteiger partial charge in [-0.3, -0.25) is 19.2 Å². The van der Waals surface area contributed by atoms with Gasteiger partial charge < -0.3 is 26.0 Å². The zero-order valence-electron chi connectivity index (χ0n) is 17.2. The van der Waals surface area contributed by atoms with Crippen molar-refractivity contribution < 1.29 is 34.5 Å². The molecule has 0 heterocycles. The summed E-state index contributed by atoms with van der Waals surface area (Å²) in [5.41, 5.74) is 0.939. The Bertz CT molecular complexity index is 705. The van der Waals surface area contributed by atoms with Crippen LogP contribution in [-0.2, 0) is 30.5 Å². The standard InChI is InChI=1S/C14H17NO3.C7H11NO3.H2O/c1-3-13(16)15-11(2)9-14(17)18-10-12-7-5-4-6-8-12;1-3-6(9)8-5(2)4-7(10)11;/h3-8,11H,1,9-10H2,2H3,(H,15,16);3,5H,1,4H2,2H3,(H,8,9)(H,10,11);1H2. The summed E-state index contributed by atoms with van der Waals surface area (Å²) in [5, 5.41) is 13.3. The number of hydrogen-bond donors (Lipinski definition) is 3. The molecule has 30 heavy (non-hydrogen) atoms. The summed E-state index contributed by atoms with van der Waals surface area (Å²) in [7, 11) is 0. The average Bonchev–Trinajstić information content (AvgIpc) is 2.66. The smallest absolute Gasteiger partial charge is 0.308 e. The fourth-order valence-corrected chi connectivity index (χ4v) is 2.01. The highest BCUT2D eigenvalue weighted by atomic mass is 16.5. The molecule has 0 radical (unpaired) electrons. The zero-order valence-corrected chi connectivity index (χ0v) is 17.2. The summed E-state index contributed by atoms with van der Waals surface area (Å²) in [5.74, 6) is -1.91. The first-order valence-corrected chi connectivity index (χ1v) is 8.95. The summed E-state index contributed by atoms with van der Waals surface area (Å²) in [6.45, 7) is 10.2. The van der Waals surface area contributed by atoms with E-state index >= 15 is 0 Å². The van der Waals surface area contributed by atoms with Crippen LogP contribution in [0.1, 0.15) is 32.3 Å². The molecule has 0 aliphatic rings. The molecule has 1 aromatic rings. The number of carbonyl (C=O) groups is 4. The fourth-order valence-electron chi connectivity index (χ4n) is 2.01. The highest BCUT2D eigenvalue weighted by Crippen LogP contribution is 2.03. The second-order valence-electron chi connectivity index (χ2n) is 6.18. The van der Waals surface area contributed by atoms with Gasteiger partial charge in [0.15, 0.2) is 0 Å². The number of ether oxygens (including phenoxy) is 1. The third kappa shape index (κ3) is 15.6. The SMILES string of the molecule is C=CC(=O)NC(C)CC(=O)O.C=CC(=O)NC(C)CC(=O)OCc1ccccc1.O. The van der Waals surface area contributed by atoms with Gasteiger partial charge in [0.2, 0.25) is 11.8 Å². The van der Waals surface area contributed by atoms with Gasteiger partial charge in [0, 0.05) is 12.1 Å². The predicted octanol–water partition coefficient (Wildman–Crippen LogP) is 1.14. The molecule has 9 heteroatoms. The van der Waals surface area contributed by atoms with Crippen LogP contribution in [0, 0.1) is 0 Å². The van der Waals surface area contributed by atoms with Gasteiger partial charge in [0.25, 0.3) is 0 Å². The van der Waals surface area contributed by atoms with Gasteiger partial charge in [-0.2, -0.15) is 0 Å². The number of esters is 1. The maximum atomic E-state index is 11.5. The van der Waals surface area contributed by atoms with Gasteiger partial charge in [0.1, 0.15) is 6.61 Å². The Balaban J connectivity index is 0. The van der Waals surface area contributed by atoms with Crippen molar-refractivity contribution in [2.24, 2.45) is 0 Å². The van der Waals surface area contributed by atoms with Gasteiger partial charge in [-0.05, 0) is 31.6 Å². The first-order valence-electron chi connectivity index (χ1n) is 8.95. The van der Waals surface area contributed by atoms with E-state index in [9.17, 15) is 19.2 Å². The number of benzene rings is 1. The molecule has 2 atom stereocenters. The first-order chi connectivity index (χ1) is 13.7. The minimum Gasteiger partial charge on any atom is -0.481 e. The lowest BCUT2D eigenvalue weighted by Crippen LogP contribution is -2.33. The van der Waals surface area contributed by atoms with Crippen LogP contribution in [0.5, 0.6) is 0 Å². The quantitative estimate of drug-likeness (QED) is 0.379. The van der Waals surface area contributed by atoms with Crippen molar-refractivity contribution in [3.63, 3.8) is 0 Å². The fraction of sp³-hybridized carbons (Fsp3) is 0.333. The van der Waals surface area contributed by atoms with E-state index in [0.717, 1.165) is 11.6 Å². The molecule has 2 amide bonds. The van der Waals surface area contributed by atoms with E-state index in [1.165, 1.54) is 6.08 Å². The Morgan fingerprint density at radius 1 is 0.967 bits per heavy atom. The van der Waals surface area contributed by atoms with Crippen LogP contribution in [0.2, 0.25) is 0 Å². The Morgan fingerprint density at radius 2 is 1.43 bits per heavy atom. The molecule has 0 aromatic heterocycles. The van der Waals surface area contributed by atoms with Crippen molar-refractivity contribution in [2.75, 3.05) is 0 Å². The summed E-state index contributed by atoms with van der Waals surface area (Å²) in [6.07, 6.45) is 2.36. The summed E-state index contributed by atoms with van der Waals surface area (Å²) in [6, 6.07) is 8.83. The predicted molar refractivity (Wildman–Crippen MR) is 112 cm³/mol. The van der Waals surface area contributed by atoms with Crippen molar-refractivity contribution in [2.45, 2.75) is 45.4 Å². The van der Waals surface area contributed by atoms with Crippen LogP contribution in [0.15, 0.2) is 55.6 Å². The number of nitrogens with one attached hydrogen (secondary N) is 2. The van der Waals surface area contributed by atoms with E-state index in [1.54, 1.807) is 13.8 Å². The first kappa shape index (κ1) is 28.7. The molecule has 0 aliphatic carbocycles. The van der Waals surface area contributed by atoms with E-state index in [1.807, 2.05) is 30.3 Å². The molecular formula is C21H30N2O7. The van der Waals surface area contributed by atoms with E-state index in [-0.39, 0.29) is 54.8 Å². The van der Waals surface area contributed by atoms with E-state index in [0.29, 0.717) is 0 Å². The highest BCUT2D eigenvalue weighted by Gasteiger charge is 2.11. The summed E-state index contributed by atoms with van der Waals surface area (Å²) in [4.78, 5) is 43.2. The van der Waals surface area contributed by atoms with Crippen molar-refractivity contribution in [1.82, 2.24) is 10.6 Å². The largest absolute Gasteiger partial charge is 0.481 e. The maximum absolute atomic E-state index is 11.5. The third-order valence-corrected chi connectivity index (χ3v) is 3.34. The summed E-state index contributed by atoms with van der Waals surface area (Å²) < 4.78 is 5.10. The molecule has 1 aromatic carbocycles. The molecular weight excluding hydrogens is 392 g/mol. The molecule has 166 valence electrons. The maximum Gasteiger partial charge on any atom is 0.308 e. The van der Waals surface area contributed by atoms with Gasteiger partial charge in [-0.25, -0.2) is 0 Å². The van der Waals surface area contributed by atoms with Crippen molar-refractivity contribution >= 4 is 23.8 Å². The number of amides is 2. The van der Waals surface area contributed by atoms with Crippen molar-refractivity contribution in [3.8, 4) is 0 Å². The highest BCUT2D eigenvalue weighted by molar-refractivity contribution is 5.87. The molecule has 0 saturated carbocycles. The van der Waals surface area contributed by atoms with Gasteiger partial charge in [-0.1, -0.05) is 43.5 Å². The van der Waals surface area contributed by atoms with Gasteiger partial charge in [0.05, 0.1) is 12.8 Å². The van der Waals surface area contributed by atoms with Crippen LogP contribution in [0.4, 0.5) is 0 Å². The Hall–Kier alpha value is -3.46. The Labute approximate surface area is 176 Å². The second kappa shape index (κ2) is 16.5. The lowest BCUT2D eigenvalue weighted by molar-refractivity contribution is -0.145. The minimum atomic E-state index is -0.929. The van der Waals surface area contributed by atoms with Crippen LogP contribution >= 0.6 is 0 Å². The molecule has 2 unspecified atom stereocenters. The number of carboxylic acid groups (broad SMARTS) is 1. The third-order valence-electron chi connectivity index (χ3n) is 3.34. The Kier molecular flexibility index (Phi) is 15.8. The number of rotatable bonds is 10. The molecule has 0 aliphatic heterocycles. The molecule has 9 nitrogen and oxygen atoms in total. The van der Waals surface area contributed by atoms with Crippen LogP contribution in [-0.4, -0.2) is 46.4 Å². The molecule has 0 fully saturated rings. The number of carbonyl (C=O) groups excluding carboxylic acids is 3. The second-order valence-corrected chi connectivity index (χ2v) is 6.18. The monoisotopic (exact) mass is 422 g/mol. The minimum absolute atomic E-state index is 0. The molecule has 0 spiro atoms. The molecule has 1 rings (SSSR count).